The summed E-state index contributed by atoms with van der Waals surface area (Å²) in [5.41, 5.74) is 0. The third-order valence-electron chi connectivity index (χ3n) is 4.00. The summed E-state index contributed by atoms with van der Waals surface area (Å²) in [6.45, 7) is 1.00. The van der Waals surface area contributed by atoms with Crippen molar-refractivity contribution in [3.8, 4) is 0 Å². The number of hydrogen-bond donors (Lipinski definition) is 1. The molecule has 0 radical (unpaired) electrons. The zero-order chi connectivity index (χ0) is 14.3. The van der Waals surface area contributed by atoms with Gasteiger partial charge in [-0.15, -0.1) is 12.4 Å². The SMILES string of the molecule is Cl.O=S(=O)(c1ccc(F)cc1Br)N1CCC2CCC(C1)N2. The van der Waals surface area contributed by atoms with E-state index in [4.69, 9.17) is 0 Å². The Morgan fingerprint density at radius 1 is 1.24 bits per heavy atom. The summed E-state index contributed by atoms with van der Waals surface area (Å²) >= 11 is 3.15. The highest BCUT2D eigenvalue weighted by Gasteiger charge is 2.35. The van der Waals surface area contributed by atoms with E-state index in [0.717, 1.165) is 19.3 Å². The highest BCUT2D eigenvalue weighted by Crippen LogP contribution is 2.29. The van der Waals surface area contributed by atoms with Gasteiger partial charge in [0.25, 0.3) is 0 Å². The summed E-state index contributed by atoms with van der Waals surface area (Å²) in [6.07, 6.45) is 2.97. The van der Waals surface area contributed by atoms with Crippen LogP contribution < -0.4 is 5.32 Å². The van der Waals surface area contributed by atoms with Crippen LogP contribution in [0.2, 0.25) is 0 Å². The first-order chi connectivity index (χ1) is 9.46. The number of hydrogen-bond acceptors (Lipinski definition) is 3. The number of rotatable bonds is 2. The third kappa shape index (κ3) is 3.42. The van der Waals surface area contributed by atoms with Crippen molar-refractivity contribution in [3.63, 3.8) is 0 Å². The molecule has 2 aliphatic heterocycles. The standard InChI is InChI=1S/C13H16BrFN2O2S.ClH/c14-12-7-9(15)1-4-13(12)20(18,19)17-6-5-10-2-3-11(8-17)16-10;/h1,4,7,10-11,16H,2-3,5-6,8H2;1H. The van der Waals surface area contributed by atoms with Gasteiger partial charge in [-0.3, -0.25) is 0 Å². The largest absolute Gasteiger partial charge is 0.310 e. The first-order valence-corrected chi connectivity index (χ1v) is 8.91. The molecule has 0 aliphatic carbocycles. The monoisotopic (exact) mass is 398 g/mol. The Kier molecular flexibility index (Phi) is 5.31. The molecule has 2 atom stereocenters. The predicted octanol–water partition coefficient (Wildman–Crippen LogP) is 2.53. The smallest absolute Gasteiger partial charge is 0.244 e. The van der Waals surface area contributed by atoms with Crippen molar-refractivity contribution in [2.45, 2.75) is 36.2 Å². The Morgan fingerprint density at radius 3 is 2.67 bits per heavy atom. The molecule has 0 saturated carbocycles. The molecular formula is C13H17BrClFN2O2S. The van der Waals surface area contributed by atoms with Crippen molar-refractivity contribution in [1.29, 1.82) is 0 Å². The maximum absolute atomic E-state index is 13.1. The summed E-state index contributed by atoms with van der Waals surface area (Å²) < 4.78 is 40.3. The van der Waals surface area contributed by atoms with Crippen LogP contribution in [0.3, 0.4) is 0 Å². The van der Waals surface area contributed by atoms with Crippen LogP contribution in [-0.4, -0.2) is 37.9 Å². The van der Waals surface area contributed by atoms with E-state index in [2.05, 4.69) is 21.2 Å². The molecule has 4 nitrogen and oxygen atoms in total. The van der Waals surface area contributed by atoms with Crippen LogP contribution in [0, 0.1) is 5.82 Å². The maximum Gasteiger partial charge on any atom is 0.244 e. The molecule has 21 heavy (non-hydrogen) atoms. The first kappa shape index (κ1) is 17.1. The Labute approximate surface area is 138 Å². The molecule has 2 unspecified atom stereocenters. The first-order valence-electron chi connectivity index (χ1n) is 6.68. The lowest BCUT2D eigenvalue weighted by atomic mass is 10.1. The van der Waals surface area contributed by atoms with Crippen molar-refractivity contribution < 1.29 is 12.8 Å². The second kappa shape index (κ2) is 6.50. The van der Waals surface area contributed by atoms with Gasteiger partial charge in [-0.25, -0.2) is 12.8 Å². The Balaban J connectivity index is 0.00000161. The van der Waals surface area contributed by atoms with Gasteiger partial charge in [0.15, 0.2) is 0 Å². The van der Waals surface area contributed by atoms with Crippen molar-refractivity contribution in [1.82, 2.24) is 9.62 Å². The molecule has 2 heterocycles. The number of sulfonamides is 1. The second-order valence-corrected chi connectivity index (χ2v) is 8.13. The minimum Gasteiger partial charge on any atom is -0.310 e. The van der Waals surface area contributed by atoms with Gasteiger partial charge in [0, 0.05) is 29.6 Å². The van der Waals surface area contributed by atoms with E-state index in [1.165, 1.54) is 22.5 Å². The molecule has 118 valence electrons. The fourth-order valence-corrected chi connectivity index (χ4v) is 5.46. The summed E-state index contributed by atoms with van der Waals surface area (Å²) in [6, 6.07) is 4.36. The van der Waals surface area contributed by atoms with Crippen molar-refractivity contribution >= 4 is 38.4 Å². The van der Waals surface area contributed by atoms with Crippen LogP contribution in [0.1, 0.15) is 19.3 Å². The van der Waals surface area contributed by atoms with Crippen LogP contribution in [0.25, 0.3) is 0 Å². The molecule has 1 aromatic carbocycles. The number of halogens is 3. The van der Waals surface area contributed by atoms with E-state index in [1.807, 2.05) is 0 Å². The van der Waals surface area contributed by atoms with Gasteiger partial charge in [-0.2, -0.15) is 4.31 Å². The summed E-state index contributed by atoms with van der Waals surface area (Å²) in [5.74, 6) is -0.451. The fraction of sp³-hybridized carbons (Fsp3) is 0.538. The molecule has 2 aliphatic rings. The summed E-state index contributed by atoms with van der Waals surface area (Å²) in [4.78, 5) is 0.136. The lowest BCUT2D eigenvalue weighted by Crippen LogP contribution is -2.39. The van der Waals surface area contributed by atoms with Crippen LogP contribution in [0.5, 0.6) is 0 Å². The zero-order valence-electron chi connectivity index (χ0n) is 11.3. The highest BCUT2D eigenvalue weighted by molar-refractivity contribution is 9.10. The van der Waals surface area contributed by atoms with Gasteiger partial charge < -0.3 is 5.32 Å². The van der Waals surface area contributed by atoms with Crippen LogP contribution >= 0.6 is 28.3 Å². The van der Waals surface area contributed by atoms with E-state index in [0.29, 0.717) is 19.1 Å². The van der Waals surface area contributed by atoms with Crippen molar-refractivity contribution in [2.24, 2.45) is 0 Å². The highest BCUT2D eigenvalue weighted by atomic mass is 79.9. The molecule has 3 rings (SSSR count). The molecule has 0 amide bonds. The van der Waals surface area contributed by atoms with E-state index in [1.54, 1.807) is 0 Å². The number of benzene rings is 1. The quantitative estimate of drug-likeness (QED) is 0.831. The number of nitrogens with one attached hydrogen (secondary N) is 1. The fourth-order valence-electron chi connectivity index (χ4n) is 2.95. The molecule has 2 saturated heterocycles. The minimum absolute atomic E-state index is 0. The van der Waals surface area contributed by atoms with E-state index < -0.39 is 15.8 Å². The second-order valence-electron chi connectivity index (χ2n) is 5.36. The van der Waals surface area contributed by atoms with Crippen LogP contribution in [-0.2, 0) is 10.0 Å². The lowest BCUT2D eigenvalue weighted by molar-refractivity contribution is 0.383. The van der Waals surface area contributed by atoms with Gasteiger partial charge >= 0.3 is 0 Å². The third-order valence-corrected chi connectivity index (χ3v) is 6.84. The number of nitrogens with zero attached hydrogens (tertiary/aromatic N) is 1. The Bertz CT molecular complexity index is 629. The molecule has 2 fully saturated rings. The molecule has 1 N–H and O–H groups in total. The van der Waals surface area contributed by atoms with Gasteiger partial charge in [0.2, 0.25) is 10.0 Å². The van der Waals surface area contributed by atoms with E-state index in [9.17, 15) is 12.8 Å². The molecular weight excluding hydrogens is 383 g/mol. The van der Waals surface area contributed by atoms with Crippen LogP contribution in [0.15, 0.2) is 27.6 Å². The molecule has 2 bridgehead atoms. The van der Waals surface area contributed by atoms with E-state index >= 15 is 0 Å². The van der Waals surface area contributed by atoms with Gasteiger partial charge in [-0.1, -0.05) is 0 Å². The lowest BCUT2D eigenvalue weighted by Gasteiger charge is -2.24. The predicted molar refractivity (Wildman–Crippen MR) is 84.7 cm³/mol. The topological polar surface area (TPSA) is 49.4 Å². The molecule has 8 heteroatoms. The van der Waals surface area contributed by atoms with Crippen molar-refractivity contribution in [2.75, 3.05) is 13.1 Å². The van der Waals surface area contributed by atoms with E-state index in [-0.39, 0.29) is 27.8 Å². The molecule has 1 aromatic rings. The van der Waals surface area contributed by atoms with Gasteiger partial charge in [-0.05, 0) is 53.4 Å². The zero-order valence-corrected chi connectivity index (χ0v) is 14.5. The average molecular weight is 400 g/mol. The normalized spacial score (nSPS) is 26.2. The molecule has 0 spiro atoms. The summed E-state index contributed by atoms with van der Waals surface area (Å²) in [7, 11) is -3.58. The van der Waals surface area contributed by atoms with Gasteiger partial charge in [0.1, 0.15) is 5.82 Å². The summed E-state index contributed by atoms with van der Waals surface area (Å²) in [5, 5.41) is 3.45. The number of fused-ring (bicyclic) bond motifs is 2. The maximum atomic E-state index is 13.1. The van der Waals surface area contributed by atoms with Gasteiger partial charge in [0.05, 0.1) is 4.90 Å². The Hall–Kier alpha value is -0.210. The minimum atomic E-state index is -3.58. The Morgan fingerprint density at radius 2 is 1.95 bits per heavy atom. The van der Waals surface area contributed by atoms with Crippen LogP contribution in [0.4, 0.5) is 4.39 Å². The average Bonchev–Trinajstić information content (AvgIpc) is 2.67. The molecule has 0 aromatic heterocycles. The van der Waals surface area contributed by atoms with Crippen molar-refractivity contribution in [3.05, 3.63) is 28.5 Å².